The molecule has 2 aromatic rings. The molecule has 0 spiro atoms. The van der Waals surface area contributed by atoms with Crippen molar-refractivity contribution < 1.29 is 9.59 Å². The Hall–Kier alpha value is -2.69. The Morgan fingerprint density at radius 1 is 1.12 bits per heavy atom. The minimum atomic E-state index is -0.619. The molecular formula is C20H25N3O2. The molecule has 0 aliphatic heterocycles. The smallest absolute Gasteiger partial charge is 0.251 e. The maximum absolute atomic E-state index is 12.3. The minimum absolute atomic E-state index is 0.0362. The topological polar surface area (TPSA) is 71.1 Å². The van der Waals surface area contributed by atoms with Crippen molar-refractivity contribution in [2.75, 3.05) is 0 Å². The van der Waals surface area contributed by atoms with Crippen LogP contribution < -0.4 is 10.6 Å². The van der Waals surface area contributed by atoms with E-state index >= 15 is 0 Å². The second-order valence-electron chi connectivity index (χ2n) is 7.10. The molecule has 0 saturated heterocycles. The monoisotopic (exact) mass is 339 g/mol. The summed E-state index contributed by atoms with van der Waals surface area (Å²) in [5, 5.41) is 5.51. The van der Waals surface area contributed by atoms with Gasteiger partial charge in [-0.25, -0.2) is 0 Å². The Bertz CT molecular complexity index is 719. The predicted octanol–water partition coefficient (Wildman–Crippen LogP) is 2.81. The van der Waals surface area contributed by atoms with Gasteiger partial charge in [-0.15, -0.1) is 0 Å². The molecule has 5 nitrogen and oxygen atoms in total. The van der Waals surface area contributed by atoms with Crippen LogP contribution in [0.1, 0.15) is 49.2 Å². The molecule has 1 aromatic carbocycles. The average Bonchev–Trinajstić information content (AvgIpc) is 2.59. The van der Waals surface area contributed by atoms with Crippen molar-refractivity contribution in [1.82, 2.24) is 15.6 Å². The van der Waals surface area contributed by atoms with E-state index in [9.17, 15) is 9.59 Å². The summed E-state index contributed by atoms with van der Waals surface area (Å²) in [5.74, 6) is -0.493. The highest BCUT2D eigenvalue weighted by Crippen LogP contribution is 2.22. The number of benzene rings is 1. The molecule has 25 heavy (non-hydrogen) atoms. The summed E-state index contributed by atoms with van der Waals surface area (Å²) in [6.07, 6.45) is 3.37. The normalized spacial score (nSPS) is 12.3. The van der Waals surface area contributed by atoms with E-state index in [1.807, 2.05) is 24.3 Å². The first-order valence-corrected chi connectivity index (χ1v) is 8.35. The lowest BCUT2D eigenvalue weighted by atomic mass is 9.86. The molecule has 1 atom stereocenters. The van der Waals surface area contributed by atoms with Crippen LogP contribution in [0.25, 0.3) is 0 Å². The van der Waals surface area contributed by atoms with E-state index in [0.717, 1.165) is 11.1 Å². The third kappa shape index (κ3) is 5.41. The lowest BCUT2D eigenvalue weighted by molar-refractivity contribution is -0.122. The first kappa shape index (κ1) is 18.6. The number of carbonyl (C=O) groups excluding carboxylic acids is 2. The SMILES string of the molecule is C[C@@H](NC(=O)c1ccc(C(C)(C)C)cc1)C(=O)NCc1cccnc1. The molecular weight excluding hydrogens is 314 g/mol. The van der Waals surface area contributed by atoms with Crippen LogP contribution in [-0.2, 0) is 16.8 Å². The van der Waals surface area contributed by atoms with E-state index in [0.29, 0.717) is 12.1 Å². The van der Waals surface area contributed by atoms with Crippen molar-refractivity contribution in [1.29, 1.82) is 0 Å². The molecule has 0 radical (unpaired) electrons. The Kier molecular flexibility index (Phi) is 5.91. The van der Waals surface area contributed by atoms with Gasteiger partial charge in [0.05, 0.1) is 0 Å². The third-order valence-corrected chi connectivity index (χ3v) is 3.94. The van der Waals surface area contributed by atoms with Gasteiger partial charge in [0.1, 0.15) is 6.04 Å². The first-order valence-electron chi connectivity index (χ1n) is 8.35. The number of carbonyl (C=O) groups is 2. The highest BCUT2D eigenvalue weighted by atomic mass is 16.2. The van der Waals surface area contributed by atoms with Crippen LogP contribution in [0, 0.1) is 0 Å². The van der Waals surface area contributed by atoms with Gasteiger partial charge in [-0.3, -0.25) is 14.6 Å². The number of hydrogen-bond donors (Lipinski definition) is 2. The van der Waals surface area contributed by atoms with Crippen LogP contribution in [0.3, 0.4) is 0 Å². The fraction of sp³-hybridized carbons (Fsp3) is 0.350. The minimum Gasteiger partial charge on any atom is -0.350 e. The molecule has 5 heteroatoms. The molecule has 0 unspecified atom stereocenters. The van der Waals surface area contributed by atoms with Gasteiger partial charge in [-0.2, -0.15) is 0 Å². The summed E-state index contributed by atoms with van der Waals surface area (Å²) in [6.45, 7) is 8.41. The maximum Gasteiger partial charge on any atom is 0.251 e. The second kappa shape index (κ2) is 7.92. The zero-order chi connectivity index (χ0) is 18.4. The molecule has 0 bridgehead atoms. The number of nitrogens with one attached hydrogen (secondary N) is 2. The van der Waals surface area contributed by atoms with Crippen LogP contribution in [0.4, 0.5) is 0 Å². The fourth-order valence-corrected chi connectivity index (χ4v) is 2.31. The molecule has 0 saturated carbocycles. The van der Waals surface area contributed by atoms with Crippen molar-refractivity contribution >= 4 is 11.8 Å². The molecule has 2 amide bonds. The van der Waals surface area contributed by atoms with Gasteiger partial charge in [0, 0.05) is 24.5 Å². The van der Waals surface area contributed by atoms with Crippen molar-refractivity contribution in [3.8, 4) is 0 Å². The molecule has 2 rings (SSSR count). The van der Waals surface area contributed by atoms with Crippen LogP contribution in [0.5, 0.6) is 0 Å². The predicted molar refractivity (Wildman–Crippen MR) is 98.2 cm³/mol. The van der Waals surface area contributed by atoms with Crippen LogP contribution >= 0.6 is 0 Å². The molecule has 1 heterocycles. The number of hydrogen-bond acceptors (Lipinski definition) is 3. The van der Waals surface area contributed by atoms with Gasteiger partial charge in [0.25, 0.3) is 5.91 Å². The van der Waals surface area contributed by atoms with E-state index in [1.54, 1.807) is 31.5 Å². The summed E-state index contributed by atoms with van der Waals surface area (Å²) in [5.41, 5.74) is 2.65. The van der Waals surface area contributed by atoms with Crippen molar-refractivity contribution in [2.45, 2.75) is 45.7 Å². The number of aromatic nitrogens is 1. The van der Waals surface area contributed by atoms with Crippen LogP contribution in [0.15, 0.2) is 48.8 Å². The van der Waals surface area contributed by atoms with Crippen molar-refractivity contribution in [2.24, 2.45) is 0 Å². The molecule has 0 fully saturated rings. The molecule has 2 N–H and O–H groups in total. The maximum atomic E-state index is 12.3. The molecule has 132 valence electrons. The Balaban J connectivity index is 1.89. The summed E-state index contributed by atoms with van der Waals surface area (Å²) in [6, 6.07) is 10.5. The third-order valence-electron chi connectivity index (χ3n) is 3.94. The molecule has 1 aromatic heterocycles. The van der Waals surface area contributed by atoms with Gasteiger partial charge in [-0.05, 0) is 41.7 Å². The summed E-state index contributed by atoms with van der Waals surface area (Å²) < 4.78 is 0. The van der Waals surface area contributed by atoms with Crippen molar-refractivity contribution in [3.63, 3.8) is 0 Å². The quantitative estimate of drug-likeness (QED) is 0.880. The van der Waals surface area contributed by atoms with E-state index in [4.69, 9.17) is 0 Å². The summed E-state index contributed by atoms with van der Waals surface area (Å²) in [7, 11) is 0. The highest BCUT2D eigenvalue weighted by molar-refractivity contribution is 5.97. The Morgan fingerprint density at radius 3 is 2.36 bits per heavy atom. The standard InChI is InChI=1S/C20H25N3O2/c1-14(18(24)22-13-15-6-5-11-21-12-15)23-19(25)16-7-9-17(10-8-16)20(2,3)4/h5-12,14H,13H2,1-4H3,(H,22,24)(H,23,25)/t14-/m1/s1. The lowest BCUT2D eigenvalue weighted by Gasteiger charge is -2.19. The van der Waals surface area contributed by atoms with Gasteiger partial charge < -0.3 is 10.6 Å². The van der Waals surface area contributed by atoms with E-state index < -0.39 is 6.04 Å². The molecule has 0 aliphatic rings. The van der Waals surface area contributed by atoms with Crippen LogP contribution in [0.2, 0.25) is 0 Å². The number of rotatable bonds is 5. The lowest BCUT2D eigenvalue weighted by Crippen LogP contribution is -2.44. The summed E-state index contributed by atoms with van der Waals surface area (Å²) in [4.78, 5) is 28.4. The Morgan fingerprint density at radius 2 is 1.80 bits per heavy atom. The van der Waals surface area contributed by atoms with E-state index in [2.05, 4.69) is 36.4 Å². The number of amides is 2. The zero-order valence-corrected chi connectivity index (χ0v) is 15.2. The average molecular weight is 339 g/mol. The highest BCUT2D eigenvalue weighted by Gasteiger charge is 2.18. The fourth-order valence-electron chi connectivity index (χ4n) is 2.31. The van der Waals surface area contributed by atoms with Crippen molar-refractivity contribution in [3.05, 3.63) is 65.5 Å². The second-order valence-corrected chi connectivity index (χ2v) is 7.10. The van der Waals surface area contributed by atoms with Gasteiger partial charge in [-0.1, -0.05) is 39.0 Å². The zero-order valence-electron chi connectivity index (χ0n) is 15.2. The summed E-state index contributed by atoms with van der Waals surface area (Å²) >= 11 is 0. The van der Waals surface area contributed by atoms with E-state index in [1.165, 1.54) is 0 Å². The van der Waals surface area contributed by atoms with Crippen LogP contribution in [-0.4, -0.2) is 22.8 Å². The van der Waals surface area contributed by atoms with Gasteiger partial charge >= 0.3 is 0 Å². The number of nitrogens with zero attached hydrogens (tertiary/aromatic N) is 1. The van der Waals surface area contributed by atoms with E-state index in [-0.39, 0.29) is 17.2 Å². The first-order chi connectivity index (χ1) is 11.8. The number of pyridine rings is 1. The Labute approximate surface area is 148 Å². The largest absolute Gasteiger partial charge is 0.350 e. The molecule has 0 aliphatic carbocycles. The van der Waals surface area contributed by atoms with Gasteiger partial charge in [0.2, 0.25) is 5.91 Å². The van der Waals surface area contributed by atoms with Gasteiger partial charge in [0.15, 0.2) is 0 Å².